The zero-order valence-electron chi connectivity index (χ0n) is 22.2. The third-order valence-electron chi connectivity index (χ3n) is 6.23. The highest BCUT2D eigenvalue weighted by atomic mass is 16.6. The van der Waals surface area contributed by atoms with Crippen LogP contribution in [0.15, 0.2) is 102 Å². The van der Waals surface area contributed by atoms with Crippen molar-refractivity contribution < 1.29 is 24.4 Å². The molecule has 0 spiro atoms. The Labute approximate surface area is 236 Å². The summed E-state index contributed by atoms with van der Waals surface area (Å²) in [7, 11) is 1.53. The lowest BCUT2D eigenvalue weighted by molar-refractivity contribution is -0.384. The van der Waals surface area contributed by atoms with E-state index in [2.05, 4.69) is 15.8 Å². The van der Waals surface area contributed by atoms with E-state index in [-0.39, 0.29) is 24.0 Å². The third-order valence-corrected chi connectivity index (χ3v) is 6.23. The molecule has 0 heterocycles. The molecule has 0 aliphatic heterocycles. The van der Waals surface area contributed by atoms with Gasteiger partial charge in [-0.3, -0.25) is 14.9 Å². The van der Waals surface area contributed by atoms with Crippen LogP contribution >= 0.6 is 0 Å². The number of rotatable bonds is 12. The zero-order valence-corrected chi connectivity index (χ0v) is 22.2. The van der Waals surface area contributed by atoms with Gasteiger partial charge in [-0.1, -0.05) is 53.7 Å². The Morgan fingerprint density at radius 3 is 2.32 bits per heavy atom. The molecule has 210 valence electrons. The number of nitrogens with zero attached hydrogens (tertiary/aromatic N) is 2. The number of benzene rings is 4. The number of ether oxygens (including phenoxy) is 2. The minimum atomic E-state index is -0.847. The van der Waals surface area contributed by atoms with Crippen molar-refractivity contribution in [1.82, 2.24) is 5.32 Å². The van der Waals surface area contributed by atoms with Gasteiger partial charge < -0.3 is 31.0 Å². The average Bonchev–Trinajstić information content (AvgIpc) is 3.02. The minimum absolute atomic E-state index is 0.0309. The first-order valence-corrected chi connectivity index (χ1v) is 12.6. The van der Waals surface area contributed by atoms with Gasteiger partial charge in [0.2, 0.25) is 5.91 Å². The maximum Gasteiger partial charge on any atom is 0.269 e. The fraction of sp³-hybridized carbons (Fsp3) is 0.133. The second-order valence-electron chi connectivity index (χ2n) is 8.97. The van der Waals surface area contributed by atoms with E-state index in [4.69, 9.17) is 20.4 Å². The predicted octanol–water partition coefficient (Wildman–Crippen LogP) is 4.75. The number of carbonyl (C=O) groups is 1. The summed E-state index contributed by atoms with van der Waals surface area (Å²) in [6.07, 6.45) is 0. The van der Waals surface area contributed by atoms with E-state index in [1.165, 1.54) is 19.2 Å². The Bertz CT molecular complexity index is 1510. The number of anilines is 1. The fourth-order valence-corrected chi connectivity index (χ4v) is 4.01. The number of oxime groups is 1. The molecule has 0 aliphatic carbocycles. The van der Waals surface area contributed by atoms with Gasteiger partial charge in [-0.25, -0.2) is 0 Å². The van der Waals surface area contributed by atoms with Crippen LogP contribution in [0.4, 0.5) is 11.4 Å². The number of nitro benzene ring substituents is 1. The lowest BCUT2D eigenvalue weighted by Gasteiger charge is -2.22. The molecule has 4 rings (SSSR count). The van der Waals surface area contributed by atoms with Crippen molar-refractivity contribution in [1.29, 1.82) is 0 Å². The van der Waals surface area contributed by atoms with Crippen LogP contribution < -0.4 is 25.8 Å². The molecule has 0 aromatic heterocycles. The van der Waals surface area contributed by atoms with Gasteiger partial charge >= 0.3 is 0 Å². The standard InChI is InChI=1S/C30H29N5O6/c1-40-27-17-23(11-16-26(27)41-19-21-5-3-2-4-6-21)28(33-24-12-9-22(10-13-24)29(31)34-37)30(36)32-18-20-7-14-25(15-8-20)35(38)39/h2-17,28,33,37H,18-19H2,1H3,(H2,31,34)(H,32,36)/t28-/m1/s1. The normalized spacial score (nSPS) is 11.8. The monoisotopic (exact) mass is 555 g/mol. The van der Waals surface area contributed by atoms with Crippen molar-refractivity contribution in [2.24, 2.45) is 10.9 Å². The van der Waals surface area contributed by atoms with Gasteiger partial charge in [-0.05, 0) is 53.1 Å². The molecule has 11 nitrogen and oxygen atoms in total. The summed E-state index contributed by atoms with van der Waals surface area (Å²) in [6.45, 7) is 0.507. The number of carbonyl (C=O) groups excluding carboxylic acids is 1. The van der Waals surface area contributed by atoms with Crippen LogP contribution in [0.25, 0.3) is 0 Å². The molecular formula is C30H29N5O6. The molecular weight excluding hydrogens is 526 g/mol. The number of hydrogen-bond donors (Lipinski definition) is 4. The molecule has 0 bridgehead atoms. The van der Waals surface area contributed by atoms with Gasteiger partial charge in [0.05, 0.1) is 12.0 Å². The van der Waals surface area contributed by atoms with Gasteiger partial charge in [-0.2, -0.15) is 0 Å². The highest BCUT2D eigenvalue weighted by Crippen LogP contribution is 2.32. The number of non-ortho nitro benzene ring substituents is 1. The van der Waals surface area contributed by atoms with Crippen LogP contribution in [0.5, 0.6) is 11.5 Å². The van der Waals surface area contributed by atoms with E-state index < -0.39 is 11.0 Å². The van der Waals surface area contributed by atoms with E-state index >= 15 is 0 Å². The highest BCUT2D eigenvalue weighted by Gasteiger charge is 2.23. The maximum atomic E-state index is 13.5. The topological polar surface area (TPSA) is 161 Å². The van der Waals surface area contributed by atoms with E-state index in [9.17, 15) is 14.9 Å². The lowest BCUT2D eigenvalue weighted by atomic mass is 10.0. The van der Waals surface area contributed by atoms with Crippen LogP contribution in [-0.4, -0.2) is 29.0 Å². The number of amides is 1. The SMILES string of the molecule is COc1cc([C@@H](Nc2ccc(C(N)=NO)cc2)C(=O)NCc2ccc([N+](=O)[O-])cc2)ccc1OCc1ccccc1. The largest absolute Gasteiger partial charge is 0.493 e. The number of methoxy groups -OCH3 is 1. The molecule has 0 unspecified atom stereocenters. The van der Waals surface area contributed by atoms with E-state index in [0.29, 0.717) is 40.5 Å². The van der Waals surface area contributed by atoms with Gasteiger partial charge in [0.1, 0.15) is 12.6 Å². The van der Waals surface area contributed by atoms with Crippen LogP contribution in [0.1, 0.15) is 28.3 Å². The summed E-state index contributed by atoms with van der Waals surface area (Å²) < 4.78 is 11.5. The lowest BCUT2D eigenvalue weighted by Crippen LogP contribution is -2.33. The molecule has 1 atom stereocenters. The Kier molecular flexibility index (Phi) is 9.34. The van der Waals surface area contributed by atoms with Crippen LogP contribution in [0, 0.1) is 10.1 Å². The Morgan fingerprint density at radius 2 is 1.68 bits per heavy atom. The Hall–Kier alpha value is -5.58. The Morgan fingerprint density at radius 1 is 0.976 bits per heavy atom. The number of nitro groups is 1. The summed E-state index contributed by atoms with van der Waals surface area (Å²) in [5.41, 5.74) is 9.07. The van der Waals surface area contributed by atoms with Gasteiger partial charge in [0, 0.05) is 29.9 Å². The van der Waals surface area contributed by atoms with E-state index in [1.807, 2.05) is 30.3 Å². The second-order valence-corrected chi connectivity index (χ2v) is 8.97. The van der Waals surface area contributed by atoms with Crippen molar-refractivity contribution in [3.63, 3.8) is 0 Å². The second kappa shape index (κ2) is 13.5. The number of amidine groups is 1. The number of nitrogens with two attached hydrogens (primary N) is 1. The van der Waals surface area contributed by atoms with Gasteiger partial charge in [0.15, 0.2) is 17.3 Å². The van der Waals surface area contributed by atoms with Crippen LogP contribution in [0.2, 0.25) is 0 Å². The number of nitrogens with one attached hydrogen (secondary N) is 2. The van der Waals surface area contributed by atoms with Crippen molar-refractivity contribution in [2.75, 3.05) is 12.4 Å². The highest BCUT2D eigenvalue weighted by molar-refractivity contribution is 5.97. The third kappa shape index (κ3) is 7.51. The molecule has 0 fully saturated rings. The first-order chi connectivity index (χ1) is 19.9. The minimum Gasteiger partial charge on any atom is -0.493 e. The van der Waals surface area contributed by atoms with Crippen molar-refractivity contribution >= 4 is 23.1 Å². The summed E-state index contributed by atoms with van der Waals surface area (Å²) in [5, 5.41) is 29.0. The summed E-state index contributed by atoms with van der Waals surface area (Å²) in [6, 6.07) is 26.8. The van der Waals surface area contributed by atoms with Crippen LogP contribution in [0.3, 0.4) is 0 Å². The van der Waals surface area contributed by atoms with Crippen molar-refractivity contribution in [3.8, 4) is 11.5 Å². The van der Waals surface area contributed by atoms with E-state index in [0.717, 1.165) is 5.56 Å². The first kappa shape index (κ1) is 28.4. The summed E-state index contributed by atoms with van der Waals surface area (Å²) >= 11 is 0. The molecule has 0 saturated carbocycles. The van der Waals surface area contributed by atoms with Crippen molar-refractivity contribution in [3.05, 3.63) is 129 Å². The molecule has 0 saturated heterocycles. The summed E-state index contributed by atoms with van der Waals surface area (Å²) in [5.74, 6) is 0.595. The number of hydrogen-bond acceptors (Lipinski definition) is 8. The smallest absolute Gasteiger partial charge is 0.269 e. The average molecular weight is 556 g/mol. The molecule has 1 amide bonds. The molecule has 0 radical (unpaired) electrons. The quantitative estimate of drug-likeness (QED) is 0.0640. The Balaban J connectivity index is 1.56. The molecule has 41 heavy (non-hydrogen) atoms. The molecule has 4 aromatic carbocycles. The molecule has 11 heteroatoms. The summed E-state index contributed by atoms with van der Waals surface area (Å²) in [4.78, 5) is 24.0. The molecule has 5 N–H and O–H groups in total. The maximum absolute atomic E-state index is 13.5. The molecule has 0 aliphatic rings. The zero-order chi connectivity index (χ0) is 29.2. The van der Waals surface area contributed by atoms with E-state index in [1.54, 1.807) is 54.6 Å². The molecule has 4 aromatic rings. The first-order valence-electron chi connectivity index (χ1n) is 12.6. The van der Waals surface area contributed by atoms with Crippen LogP contribution in [-0.2, 0) is 17.9 Å². The van der Waals surface area contributed by atoms with Gasteiger partial charge in [0.25, 0.3) is 5.69 Å². The fourth-order valence-electron chi connectivity index (χ4n) is 4.01. The predicted molar refractivity (Wildman–Crippen MR) is 154 cm³/mol. The van der Waals surface area contributed by atoms with Crippen molar-refractivity contribution in [2.45, 2.75) is 19.2 Å². The van der Waals surface area contributed by atoms with Gasteiger partial charge in [-0.15, -0.1) is 0 Å².